The Morgan fingerprint density at radius 3 is 2.52 bits per heavy atom. The topological polar surface area (TPSA) is 39.9 Å². The fourth-order valence-electron chi connectivity index (χ4n) is 3.79. The number of ether oxygens (including phenoxy) is 1. The van der Waals surface area contributed by atoms with Gasteiger partial charge in [0.15, 0.2) is 0 Å². The Labute approximate surface area is 193 Å². The lowest BCUT2D eigenvalue weighted by Crippen LogP contribution is -1.99. The van der Waals surface area contributed by atoms with Crippen molar-refractivity contribution in [2.24, 2.45) is 0 Å². The molecule has 0 unspecified atom stereocenters. The smallest absolute Gasteiger partial charge is 0.119 e. The van der Waals surface area contributed by atoms with Crippen molar-refractivity contribution in [1.29, 1.82) is 0 Å². The van der Waals surface area contributed by atoms with Crippen LogP contribution in [0.1, 0.15) is 11.1 Å². The summed E-state index contributed by atoms with van der Waals surface area (Å²) in [4.78, 5) is 4.70. The summed E-state index contributed by atoms with van der Waals surface area (Å²) >= 11 is 9.87. The van der Waals surface area contributed by atoms with Gasteiger partial charge in [0.05, 0.1) is 28.9 Å². The number of aromatic nitrogens is 3. The Hall–Kier alpha value is -2.89. The van der Waals surface area contributed by atoms with Crippen LogP contribution in [0.4, 0.5) is 0 Å². The zero-order valence-electron chi connectivity index (χ0n) is 17.3. The van der Waals surface area contributed by atoms with E-state index in [1.165, 1.54) is 11.1 Å². The predicted molar refractivity (Wildman–Crippen MR) is 131 cm³/mol. The lowest BCUT2D eigenvalue weighted by Gasteiger charge is -2.09. The minimum absolute atomic E-state index is 0.641. The zero-order valence-corrected chi connectivity index (χ0v) is 19.6. The molecule has 0 aliphatic rings. The normalized spacial score (nSPS) is 11.4. The predicted octanol–water partition coefficient (Wildman–Crippen LogP) is 7.28. The van der Waals surface area contributed by atoms with Gasteiger partial charge in [-0.25, -0.2) is 4.68 Å². The average molecular weight is 493 g/mol. The molecule has 31 heavy (non-hydrogen) atoms. The molecule has 2 heterocycles. The molecule has 3 aromatic carbocycles. The van der Waals surface area contributed by atoms with Crippen molar-refractivity contribution in [2.75, 3.05) is 7.11 Å². The van der Waals surface area contributed by atoms with Crippen molar-refractivity contribution in [3.05, 3.63) is 81.4 Å². The number of aryl methyl sites for hydroxylation is 2. The van der Waals surface area contributed by atoms with Gasteiger partial charge in [-0.1, -0.05) is 23.7 Å². The largest absolute Gasteiger partial charge is 0.497 e. The first-order chi connectivity index (χ1) is 15.0. The van der Waals surface area contributed by atoms with Gasteiger partial charge in [0, 0.05) is 27.0 Å². The second kappa shape index (κ2) is 7.66. The van der Waals surface area contributed by atoms with Gasteiger partial charge in [-0.15, -0.1) is 0 Å². The van der Waals surface area contributed by atoms with E-state index in [1.807, 2.05) is 47.3 Å². The number of nitrogens with zero attached hydrogens (tertiary/aromatic N) is 3. The van der Waals surface area contributed by atoms with Crippen molar-refractivity contribution in [1.82, 2.24) is 14.8 Å². The van der Waals surface area contributed by atoms with Gasteiger partial charge in [-0.3, -0.25) is 4.98 Å². The van der Waals surface area contributed by atoms with Crippen LogP contribution in [0.2, 0.25) is 5.02 Å². The third-order valence-electron chi connectivity index (χ3n) is 5.64. The van der Waals surface area contributed by atoms with Crippen LogP contribution in [-0.4, -0.2) is 21.9 Å². The first kappa shape index (κ1) is 20.0. The number of rotatable bonds is 3. The maximum Gasteiger partial charge on any atom is 0.119 e. The van der Waals surface area contributed by atoms with E-state index in [-0.39, 0.29) is 0 Å². The van der Waals surface area contributed by atoms with Crippen molar-refractivity contribution in [2.45, 2.75) is 13.8 Å². The lowest BCUT2D eigenvalue weighted by molar-refractivity contribution is 0.415. The van der Waals surface area contributed by atoms with Crippen molar-refractivity contribution >= 4 is 49.3 Å². The molecule has 0 bridgehead atoms. The third-order valence-corrected chi connectivity index (χ3v) is 6.87. The first-order valence-electron chi connectivity index (χ1n) is 9.85. The number of hydrogen-bond donors (Lipinski definition) is 0. The number of methoxy groups -OCH3 is 1. The minimum atomic E-state index is 0.641. The molecule has 0 radical (unpaired) electrons. The summed E-state index contributed by atoms with van der Waals surface area (Å²) in [6, 6.07) is 18.2. The highest BCUT2D eigenvalue weighted by Gasteiger charge is 2.18. The van der Waals surface area contributed by atoms with Crippen LogP contribution < -0.4 is 4.74 Å². The molecule has 0 saturated carbocycles. The number of halogens is 2. The number of pyridine rings is 1. The maximum absolute atomic E-state index is 6.40. The highest BCUT2D eigenvalue weighted by Crippen LogP contribution is 2.37. The van der Waals surface area contributed by atoms with Gasteiger partial charge < -0.3 is 4.74 Å². The van der Waals surface area contributed by atoms with Crippen LogP contribution in [0.25, 0.3) is 38.8 Å². The molecule has 0 spiro atoms. The Bertz CT molecular complexity index is 1480. The number of hydrogen-bond acceptors (Lipinski definition) is 3. The van der Waals surface area contributed by atoms with Crippen LogP contribution in [-0.2, 0) is 0 Å². The molecule has 0 amide bonds. The van der Waals surface area contributed by atoms with Crippen LogP contribution >= 0.6 is 27.5 Å². The van der Waals surface area contributed by atoms with Crippen LogP contribution in [0.5, 0.6) is 5.75 Å². The van der Waals surface area contributed by atoms with Crippen LogP contribution in [0.3, 0.4) is 0 Å². The Balaban J connectivity index is 1.90. The molecular formula is C25H19BrClN3O. The van der Waals surface area contributed by atoms with E-state index in [9.17, 15) is 0 Å². The molecule has 0 aliphatic heterocycles. The van der Waals surface area contributed by atoms with Gasteiger partial charge in [0.25, 0.3) is 0 Å². The van der Waals surface area contributed by atoms with Crippen LogP contribution in [0.15, 0.2) is 65.3 Å². The summed E-state index contributed by atoms with van der Waals surface area (Å²) in [5.74, 6) is 0.780. The summed E-state index contributed by atoms with van der Waals surface area (Å²) < 4.78 is 8.34. The van der Waals surface area contributed by atoms with Crippen molar-refractivity contribution in [3.8, 4) is 22.7 Å². The van der Waals surface area contributed by atoms with E-state index in [1.54, 1.807) is 7.11 Å². The van der Waals surface area contributed by atoms with E-state index in [2.05, 4.69) is 48.0 Å². The van der Waals surface area contributed by atoms with E-state index < -0.39 is 0 Å². The average Bonchev–Trinajstić information content (AvgIpc) is 3.17. The standard InChI is InChI=1S/C25H19BrClN3O/c1-14-4-6-17(10-15(14)2)30-25-19-12-18(31-3)7-9-23(19)28-13-20(25)24(29-30)16-5-8-21(26)22(27)11-16/h4-13H,1-3H3. The van der Waals surface area contributed by atoms with Gasteiger partial charge in [-0.2, -0.15) is 5.10 Å². The molecule has 0 fully saturated rings. The van der Waals surface area contributed by atoms with Gasteiger partial charge in [0.1, 0.15) is 11.4 Å². The second-order valence-electron chi connectivity index (χ2n) is 7.56. The molecular weight excluding hydrogens is 474 g/mol. The Kier molecular flexibility index (Phi) is 4.95. The number of benzene rings is 3. The summed E-state index contributed by atoms with van der Waals surface area (Å²) in [7, 11) is 1.67. The molecule has 154 valence electrons. The molecule has 0 atom stereocenters. The minimum Gasteiger partial charge on any atom is -0.497 e. The van der Waals surface area contributed by atoms with Gasteiger partial charge in [0.2, 0.25) is 0 Å². The molecule has 0 aliphatic carbocycles. The fourth-order valence-corrected chi connectivity index (χ4v) is 4.22. The highest BCUT2D eigenvalue weighted by atomic mass is 79.9. The summed E-state index contributed by atoms with van der Waals surface area (Å²) in [5, 5.41) is 7.62. The van der Waals surface area contributed by atoms with Gasteiger partial charge >= 0.3 is 0 Å². The summed E-state index contributed by atoms with van der Waals surface area (Å²) in [5.41, 5.74) is 7.10. The van der Waals surface area contributed by atoms with Crippen LogP contribution in [0, 0.1) is 13.8 Å². The maximum atomic E-state index is 6.40. The lowest BCUT2D eigenvalue weighted by atomic mass is 10.1. The SMILES string of the molecule is COc1ccc2ncc3c(-c4ccc(Br)c(Cl)c4)nn(-c4ccc(C)c(C)c4)c3c2c1. The van der Waals surface area contributed by atoms with Crippen molar-refractivity contribution in [3.63, 3.8) is 0 Å². The quantitative estimate of drug-likeness (QED) is 0.266. The molecule has 2 aromatic heterocycles. The number of fused-ring (bicyclic) bond motifs is 3. The molecule has 0 saturated heterocycles. The summed E-state index contributed by atoms with van der Waals surface area (Å²) in [6.45, 7) is 4.22. The van der Waals surface area contributed by atoms with E-state index >= 15 is 0 Å². The molecule has 5 aromatic rings. The zero-order chi connectivity index (χ0) is 21.7. The molecule has 5 rings (SSSR count). The fraction of sp³-hybridized carbons (Fsp3) is 0.120. The summed E-state index contributed by atoms with van der Waals surface area (Å²) in [6.07, 6.45) is 1.89. The van der Waals surface area contributed by atoms with Crippen molar-refractivity contribution < 1.29 is 4.74 Å². The Morgan fingerprint density at radius 2 is 1.77 bits per heavy atom. The van der Waals surface area contributed by atoms with E-state index in [0.29, 0.717) is 5.02 Å². The second-order valence-corrected chi connectivity index (χ2v) is 8.82. The van der Waals surface area contributed by atoms with E-state index in [4.69, 9.17) is 26.4 Å². The molecule has 4 nitrogen and oxygen atoms in total. The molecule has 0 N–H and O–H groups in total. The third kappa shape index (κ3) is 3.38. The van der Waals surface area contributed by atoms with Gasteiger partial charge in [-0.05, 0) is 83.4 Å². The Morgan fingerprint density at radius 1 is 0.935 bits per heavy atom. The highest BCUT2D eigenvalue weighted by molar-refractivity contribution is 9.10. The molecule has 6 heteroatoms. The first-order valence-corrected chi connectivity index (χ1v) is 11.0. The van der Waals surface area contributed by atoms with E-state index in [0.717, 1.165) is 49.0 Å². The monoisotopic (exact) mass is 491 g/mol.